The summed E-state index contributed by atoms with van der Waals surface area (Å²) in [5.41, 5.74) is 0.192. The summed E-state index contributed by atoms with van der Waals surface area (Å²) in [6.07, 6.45) is 0. The normalized spacial score (nSPS) is 12.2. The number of halogens is 3. The highest BCUT2D eigenvalue weighted by Crippen LogP contribution is 2.29. The molecule has 14 heavy (non-hydrogen) atoms. The monoisotopic (exact) mass is 202 g/mol. The Kier molecular flexibility index (Phi) is 2.88. The lowest BCUT2D eigenvalue weighted by Crippen LogP contribution is -2.08. The molecule has 1 aromatic rings. The van der Waals surface area contributed by atoms with E-state index in [0.29, 0.717) is 5.56 Å². The summed E-state index contributed by atoms with van der Waals surface area (Å²) in [6, 6.07) is 3.61. The highest BCUT2D eigenvalue weighted by atomic mass is 19.3. The lowest BCUT2D eigenvalue weighted by atomic mass is 9.99. The van der Waals surface area contributed by atoms with E-state index < -0.39 is 11.7 Å². The maximum Gasteiger partial charge on any atom is 0.270 e. The van der Waals surface area contributed by atoms with Crippen LogP contribution in [-0.4, -0.2) is 0 Å². The Morgan fingerprint density at radius 1 is 1.21 bits per heavy atom. The molecule has 0 saturated carbocycles. The average Bonchev–Trinajstić information content (AvgIpc) is 2.01. The molecule has 78 valence electrons. The van der Waals surface area contributed by atoms with Crippen LogP contribution >= 0.6 is 0 Å². The lowest BCUT2D eigenvalue weighted by Gasteiger charge is -2.13. The van der Waals surface area contributed by atoms with E-state index in [2.05, 4.69) is 0 Å². The summed E-state index contributed by atoms with van der Waals surface area (Å²) < 4.78 is 38.9. The van der Waals surface area contributed by atoms with Gasteiger partial charge >= 0.3 is 0 Å². The van der Waals surface area contributed by atoms with Crippen molar-refractivity contribution in [1.29, 1.82) is 0 Å². The third-order valence-corrected chi connectivity index (χ3v) is 2.13. The van der Waals surface area contributed by atoms with E-state index in [4.69, 9.17) is 0 Å². The quantitative estimate of drug-likeness (QED) is 0.678. The number of hydrogen-bond donors (Lipinski definition) is 0. The van der Waals surface area contributed by atoms with Crippen molar-refractivity contribution in [3.8, 4) is 0 Å². The molecule has 0 bridgehead atoms. The van der Waals surface area contributed by atoms with Gasteiger partial charge in [0.05, 0.1) is 0 Å². The van der Waals surface area contributed by atoms with E-state index in [1.54, 1.807) is 0 Å². The zero-order valence-electron chi connectivity index (χ0n) is 8.44. The van der Waals surface area contributed by atoms with Gasteiger partial charge < -0.3 is 0 Å². The minimum atomic E-state index is -2.98. The Morgan fingerprint density at radius 3 is 2.14 bits per heavy atom. The van der Waals surface area contributed by atoms with Crippen molar-refractivity contribution in [2.75, 3.05) is 0 Å². The summed E-state index contributed by atoms with van der Waals surface area (Å²) in [7, 11) is 0. The van der Waals surface area contributed by atoms with E-state index in [1.165, 1.54) is 12.1 Å². The molecular weight excluding hydrogens is 189 g/mol. The predicted octanol–water partition coefficient (Wildman–Crippen LogP) is 4.06. The van der Waals surface area contributed by atoms with E-state index in [-0.39, 0.29) is 11.5 Å². The molecule has 3 heteroatoms. The number of rotatable bonds is 2. The van der Waals surface area contributed by atoms with Crippen LogP contribution in [0.5, 0.6) is 0 Å². The molecule has 0 heterocycles. The van der Waals surface area contributed by atoms with E-state index >= 15 is 0 Å². The molecule has 0 aliphatic carbocycles. The standard InChI is InChI=1S/C11H13F3/c1-7(2)9-5-4-8(6-10(9)12)11(3,13)14/h4-7H,1-3H3. The summed E-state index contributed by atoms with van der Waals surface area (Å²) in [6.45, 7) is 4.40. The van der Waals surface area contributed by atoms with Crippen LogP contribution in [0.25, 0.3) is 0 Å². The first-order valence-corrected chi connectivity index (χ1v) is 4.50. The first kappa shape index (κ1) is 11.1. The maximum atomic E-state index is 13.3. The summed E-state index contributed by atoms with van der Waals surface area (Å²) >= 11 is 0. The largest absolute Gasteiger partial charge is 0.270 e. The maximum absolute atomic E-state index is 13.3. The molecule has 0 atom stereocenters. The fourth-order valence-corrected chi connectivity index (χ4v) is 1.27. The van der Waals surface area contributed by atoms with Gasteiger partial charge in [-0.1, -0.05) is 26.0 Å². The molecule has 0 unspecified atom stereocenters. The molecular formula is C11H13F3. The zero-order chi connectivity index (χ0) is 10.9. The smallest absolute Gasteiger partial charge is 0.207 e. The first-order valence-electron chi connectivity index (χ1n) is 4.50. The summed E-state index contributed by atoms with van der Waals surface area (Å²) in [4.78, 5) is 0. The van der Waals surface area contributed by atoms with E-state index in [0.717, 1.165) is 13.0 Å². The lowest BCUT2D eigenvalue weighted by molar-refractivity contribution is 0.0171. The molecule has 0 N–H and O–H groups in total. The minimum Gasteiger partial charge on any atom is -0.207 e. The zero-order valence-corrected chi connectivity index (χ0v) is 8.44. The topological polar surface area (TPSA) is 0 Å². The van der Waals surface area contributed by atoms with Crippen molar-refractivity contribution >= 4 is 0 Å². The number of alkyl halides is 2. The van der Waals surface area contributed by atoms with Gasteiger partial charge in [-0.2, -0.15) is 0 Å². The first-order chi connectivity index (χ1) is 6.32. The predicted molar refractivity (Wildman–Crippen MR) is 50.1 cm³/mol. The van der Waals surface area contributed by atoms with Crippen molar-refractivity contribution in [2.24, 2.45) is 0 Å². The van der Waals surface area contributed by atoms with Gasteiger partial charge in [-0.15, -0.1) is 0 Å². The Morgan fingerprint density at radius 2 is 1.79 bits per heavy atom. The SMILES string of the molecule is CC(C)c1ccc(C(C)(F)F)cc1F. The van der Waals surface area contributed by atoms with Crippen molar-refractivity contribution < 1.29 is 13.2 Å². The average molecular weight is 202 g/mol. The van der Waals surface area contributed by atoms with Crippen molar-refractivity contribution in [1.82, 2.24) is 0 Å². The van der Waals surface area contributed by atoms with Gasteiger partial charge in [0.15, 0.2) is 0 Å². The highest BCUT2D eigenvalue weighted by molar-refractivity contribution is 5.28. The molecule has 0 aliphatic heterocycles. The second kappa shape index (κ2) is 3.64. The van der Waals surface area contributed by atoms with Crippen molar-refractivity contribution in [3.05, 3.63) is 35.1 Å². The van der Waals surface area contributed by atoms with Gasteiger partial charge in [0.1, 0.15) is 5.82 Å². The van der Waals surface area contributed by atoms with Gasteiger partial charge in [-0.25, -0.2) is 13.2 Å². The molecule has 0 saturated heterocycles. The molecule has 1 aromatic carbocycles. The molecule has 0 radical (unpaired) electrons. The van der Waals surface area contributed by atoms with Crippen LogP contribution in [0, 0.1) is 5.82 Å². The van der Waals surface area contributed by atoms with Crippen LogP contribution in [0.3, 0.4) is 0 Å². The van der Waals surface area contributed by atoms with E-state index in [9.17, 15) is 13.2 Å². The van der Waals surface area contributed by atoms with Crippen molar-refractivity contribution in [3.63, 3.8) is 0 Å². The molecule has 0 aliphatic rings. The highest BCUT2D eigenvalue weighted by Gasteiger charge is 2.25. The summed E-state index contributed by atoms with van der Waals surface area (Å²) in [5, 5.41) is 0. The molecule has 0 nitrogen and oxygen atoms in total. The molecule has 0 aromatic heterocycles. The minimum absolute atomic E-state index is 0.00882. The fourth-order valence-electron chi connectivity index (χ4n) is 1.27. The van der Waals surface area contributed by atoms with Crippen LogP contribution < -0.4 is 0 Å². The number of benzene rings is 1. The summed E-state index contributed by atoms with van der Waals surface area (Å²) in [5.74, 6) is -3.52. The number of hydrogen-bond acceptors (Lipinski definition) is 0. The van der Waals surface area contributed by atoms with Gasteiger partial charge in [0, 0.05) is 12.5 Å². The van der Waals surface area contributed by atoms with Crippen LogP contribution in [0.15, 0.2) is 18.2 Å². The van der Waals surface area contributed by atoms with Gasteiger partial charge in [-0.05, 0) is 17.5 Å². The molecule has 0 fully saturated rings. The molecule has 0 amide bonds. The third kappa shape index (κ3) is 2.28. The van der Waals surface area contributed by atoms with Crippen LogP contribution in [0.1, 0.15) is 37.8 Å². The second-order valence-corrected chi connectivity index (χ2v) is 3.78. The Labute approximate surface area is 81.8 Å². The van der Waals surface area contributed by atoms with Gasteiger partial charge in [-0.3, -0.25) is 0 Å². The van der Waals surface area contributed by atoms with Crippen LogP contribution in [0.2, 0.25) is 0 Å². The van der Waals surface area contributed by atoms with Gasteiger partial charge in [0.2, 0.25) is 0 Å². The fraction of sp³-hybridized carbons (Fsp3) is 0.455. The third-order valence-electron chi connectivity index (χ3n) is 2.13. The molecule has 1 rings (SSSR count). The van der Waals surface area contributed by atoms with Crippen LogP contribution in [-0.2, 0) is 5.92 Å². The molecule has 0 spiro atoms. The Balaban J connectivity index is 3.13. The second-order valence-electron chi connectivity index (χ2n) is 3.78. The van der Waals surface area contributed by atoms with Crippen LogP contribution in [0.4, 0.5) is 13.2 Å². The Bertz CT molecular complexity index is 324. The van der Waals surface area contributed by atoms with Crippen molar-refractivity contribution in [2.45, 2.75) is 32.6 Å². The van der Waals surface area contributed by atoms with Gasteiger partial charge in [0.25, 0.3) is 5.92 Å². The van der Waals surface area contributed by atoms with E-state index in [1.807, 2.05) is 13.8 Å². The Hall–Kier alpha value is -0.990.